The lowest BCUT2D eigenvalue weighted by atomic mass is 9.77. The maximum Gasteiger partial charge on any atom is 0.246 e. The third kappa shape index (κ3) is 1.93. The van der Waals surface area contributed by atoms with Crippen LogP contribution in [0, 0.1) is 6.92 Å². The van der Waals surface area contributed by atoms with Crippen molar-refractivity contribution in [2.45, 2.75) is 18.9 Å². The molecule has 2 aromatic carbocycles. The first-order valence-electron chi connectivity index (χ1n) is 9.20. The molecule has 1 aromatic heterocycles. The molecule has 0 radical (unpaired) electrons. The van der Waals surface area contributed by atoms with Crippen LogP contribution in [0.2, 0.25) is 0 Å². The second-order valence-electron chi connectivity index (χ2n) is 7.33. The molecule has 1 atom stereocenters. The third-order valence-electron chi connectivity index (χ3n) is 5.91. The van der Waals surface area contributed by atoms with Gasteiger partial charge in [-0.2, -0.15) is 0 Å². The molecule has 0 bridgehead atoms. The molecule has 1 unspecified atom stereocenters. The van der Waals surface area contributed by atoms with Gasteiger partial charge in [-0.25, -0.2) is 0 Å². The maximum absolute atomic E-state index is 13.9. The molecule has 0 N–H and O–H groups in total. The first-order valence-corrected chi connectivity index (χ1v) is 10.1. The van der Waals surface area contributed by atoms with Crippen LogP contribution in [0.25, 0.3) is 0 Å². The molecule has 3 aliphatic rings. The van der Waals surface area contributed by atoms with E-state index in [0.29, 0.717) is 30.4 Å². The molecule has 0 fully saturated rings. The number of para-hydroxylation sites is 1. The van der Waals surface area contributed by atoms with Crippen molar-refractivity contribution in [2.24, 2.45) is 0 Å². The maximum atomic E-state index is 13.9. The lowest BCUT2D eigenvalue weighted by molar-refractivity contribution is -0.122. The van der Waals surface area contributed by atoms with Crippen LogP contribution in [0.5, 0.6) is 17.2 Å². The van der Waals surface area contributed by atoms with Crippen molar-refractivity contribution in [2.75, 3.05) is 18.3 Å². The van der Waals surface area contributed by atoms with Crippen LogP contribution >= 0.6 is 11.3 Å². The standard InChI is InChI=1S/C22H17NO4S/c1-13-6-7-28-20(13)10-23-16-5-3-2-4-14(16)22(21(23)24)11-25-17-9-19-18(8-15(17)22)26-12-27-19/h2-9H,10-12H2,1H3. The van der Waals surface area contributed by atoms with Gasteiger partial charge in [0.25, 0.3) is 0 Å². The van der Waals surface area contributed by atoms with Crippen molar-refractivity contribution in [3.05, 3.63) is 69.4 Å². The predicted molar refractivity (Wildman–Crippen MR) is 106 cm³/mol. The van der Waals surface area contributed by atoms with Crippen molar-refractivity contribution in [1.29, 1.82) is 0 Å². The number of hydrogen-bond donors (Lipinski definition) is 0. The number of nitrogens with zero attached hydrogens (tertiary/aromatic N) is 1. The Bertz CT molecular complexity index is 1140. The molecular formula is C22H17NO4S. The van der Waals surface area contributed by atoms with Gasteiger partial charge in [0.15, 0.2) is 11.5 Å². The van der Waals surface area contributed by atoms with Gasteiger partial charge in [0.05, 0.1) is 6.54 Å². The minimum absolute atomic E-state index is 0.0547. The van der Waals surface area contributed by atoms with Crippen LogP contribution < -0.4 is 19.1 Å². The average molecular weight is 391 g/mol. The summed E-state index contributed by atoms with van der Waals surface area (Å²) in [5.41, 5.74) is 3.18. The summed E-state index contributed by atoms with van der Waals surface area (Å²) < 4.78 is 17.1. The topological polar surface area (TPSA) is 48.0 Å². The lowest BCUT2D eigenvalue weighted by Gasteiger charge is -2.23. The van der Waals surface area contributed by atoms with Crippen LogP contribution in [0.3, 0.4) is 0 Å². The van der Waals surface area contributed by atoms with Gasteiger partial charge in [0.2, 0.25) is 12.7 Å². The number of rotatable bonds is 2. The minimum Gasteiger partial charge on any atom is -0.491 e. The highest BCUT2D eigenvalue weighted by molar-refractivity contribution is 7.10. The monoisotopic (exact) mass is 391 g/mol. The summed E-state index contributed by atoms with van der Waals surface area (Å²) in [5, 5.41) is 2.07. The van der Waals surface area contributed by atoms with E-state index in [9.17, 15) is 4.79 Å². The molecule has 140 valence electrons. The molecule has 1 spiro atoms. The van der Waals surface area contributed by atoms with Gasteiger partial charge >= 0.3 is 0 Å². The summed E-state index contributed by atoms with van der Waals surface area (Å²) in [6.07, 6.45) is 0. The molecular weight excluding hydrogens is 374 g/mol. The number of carbonyl (C=O) groups excluding carboxylic acids is 1. The van der Waals surface area contributed by atoms with Crippen LogP contribution in [0.15, 0.2) is 47.8 Å². The number of anilines is 1. The smallest absolute Gasteiger partial charge is 0.246 e. The molecule has 6 rings (SSSR count). The summed E-state index contributed by atoms with van der Waals surface area (Å²) in [6, 6.07) is 13.9. The third-order valence-corrected chi connectivity index (χ3v) is 6.92. The SMILES string of the molecule is Cc1ccsc1CN1C(=O)C2(COc3cc4c(cc32)OCO4)c2ccccc21. The lowest BCUT2D eigenvalue weighted by Crippen LogP contribution is -2.42. The molecule has 4 heterocycles. The van der Waals surface area contributed by atoms with E-state index in [1.807, 2.05) is 41.3 Å². The minimum atomic E-state index is -0.835. The van der Waals surface area contributed by atoms with Crippen molar-refractivity contribution in [3.63, 3.8) is 0 Å². The fourth-order valence-electron chi connectivity index (χ4n) is 4.43. The quantitative estimate of drug-likeness (QED) is 0.662. The van der Waals surface area contributed by atoms with E-state index >= 15 is 0 Å². The molecule has 0 aliphatic carbocycles. The Morgan fingerprint density at radius 1 is 1.04 bits per heavy atom. The van der Waals surface area contributed by atoms with E-state index < -0.39 is 5.41 Å². The fourth-order valence-corrected chi connectivity index (χ4v) is 5.33. The molecule has 6 heteroatoms. The molecule has 3 aliphatic heterocycles. The van der Waals surface area contributed by atoms with E-state index in [0.717, 1.165) is 16.8 Å². The highest BCUT2D eigenvalue weighted by Gasteiger charge is 2.57. The Hall–Kier alpha value is -2.99. The number of aryl methyl sites for hydroxylation is 1. The highest BCUT2D eigenvalue weighted by Crippen LogP contribution is 2.55. The number of benzene rings is 2. The largest absolute Gasteiger partial charge is 0.491 e. The van der Waals surface area contributed by atoms with Gasteiger partial charge in [0.1, 0.15) is 17.8 Å². The van der Waals surface area contributed by atoms with Gasteiger partial charge in [-0.15, -0.1) is 11.3 Å². The zero-order valence-electron chi connectivity index (χ0n) is 15.2. The normalized spacial score (nSPS) is 21.2. The van der Waals surface area contributed by atoms with Gasteiger partial charge in [0, 0.05) is 22.2 Å². The number of carbonyl (C=O) groups is 1. The first kappa shape index (κ1) is 16.0. The van der Waals surface area contributed by atoms with E-state index in [1.165, 1.54) is 10.4 Å². The number of fused-ring (bicyclic) bond motifs is 5. The Morgan fingerprint density at radius 2 is 1.86 bits per heavy atom. The summed E-state index contributed by atoms with van der Waals surface area (Å²) >= 11 is 1.68. The van der Waals surface area contributed by atoms with Crippen LogP contribution in [0.4, 0.5) is 5.69 Å². The van der Waals surface area contributed by atoms with E-state index in [2.05, 4.69) is 18.4 Å². The van der Waals surface area contributed by atoms with Gasteiger partial charge < -0.3 is 19.1 Å². The molecule has 3 aromatic rings. The van der Waals surface area contributed by atoms with Crippen molar-refractivity contribution >= 4 is 22.9 Å². The summed E-state index contributed by atoms with van der Waals surface area (Å²) in [7, 11) is 0. The number of hydrogen-bond acceptors (Lipinski definition) is 5. The summed E-state index contributed by atoms with van der Waals surface area (Å²) in [4.78, 5) is 17.0. The van der Waals surface area contributed by atoms with Crippen LogP contribution in [-0.2, 0) is 16.8 Å². The van der Waals surface area contributed by atoms with E-state index in [1.54, 1.807) is 11.3 Å². The first-order chi connectivity index (χ1) is 13.7. The molecule has 0 saturated heterocycles. The Morgan fingerprint density at radius 3 is 2.68 bits per heavy atom. The van der Waals surface area contributed by atoms with Crippen molar-refractivity contribution in [1.82, 2.24) is 0 Å². The van der Waals surface area contributed by atoms with E-state index in [-0.39, 0.29) is 12.7 Å². The zero-order valence-corrected chi connectivity index (χ0v) is 16.0. The van der Waals surface area contributed by atoms with Gasteiger partial charge in [-0.1, -0.05) is 18.2 Å². The second-order valence-corrected chi connectivity index (χ2v) is 8.33. The highest BCUT2D eigenvalue weighted by atomic mass is 32.1. The predicted octanol–water partition coefficient (Wildman–Crippen LogP) is 4.01. The molecule has 5 nitrogen and oxygen atoms in total. The molecule has 1 amide bonds. The Kier molecular flexibility index (Phi) is 3.15. The van der Waals surface area contributed by atoms with Crippen molar-refractivity contribution < 1.29 is 19.0 Å². The summed E-state index contributed by atoms with van der Waals surface area (Å²) in [6.45, 7) is 3.14. The number of amides is 1. The molecule has 0 saturated carbocycles. The van der Waals surface area contributed by atoms with E-state index in [4.69, 9.17) is 14.2 Å². The summed E-state index contributed by atoms with van der Waals surface area (Å²) in [5.74, 6) is 2.09. The van der Waals surface area contributed by atoms with Crippen LogP contribution in [-0.4, -0.2) is 19.3 Å². The zero-order chi connectivity index (χ0) is 18.9. The number of thiophene rings is 1. The molecule has 28 heavy (non-hydrogen) atoms. The Balaban J connectivity index is 1.53. The van der Waals surface area contributed by atoms with Crippen LogP contribution in [0.1, 0.15) is 21.6 Å². The Labute approximate surface area is 166 Å². The second kappa shape index (κ2) is 5.52. The van der Waals surface area contributed by atoms with Gasteiger partial charge in [-0.3, -0.25) is 4.79 Å². The van der Waals surface area contributed by atoms with Crippen molar-refractivity contribution in [3.8, 4) is 17.2 Å². The van der Waals surface area contributed by atoms with Gasteiger partial charge in [-0.05, 0) is 41.6 Å². The number of ether oxygens (including phenoxy) is 3. The average Bonchev–Trinajstić information content (AvgIpc) is 3.46. The fraction of sp³-hybridized carbons (Fsp3) is 0.227.